The molecule has 2 aromatic carbocycles. The van der Waals surface area contributed by atoms with E-state index in [9.17, 15) is 4.79 Å². The Balaban J connectivity index is 0.00000222. The molecule has 1 aliphatic rings. The van der Waals surface area contributed by atoms with E-state index in [-0.39, 0.29) is 50.2 Å². The van der Waals surface area contributed by atoms with Gasteiger partial charge in [-0.1, -0.05) is 36.7 Å². The molecule has 7 nitrogen and oxygen atoms in total. The van der Waals surface area contributed by atoms with Crippen LogP contribution in [0.5, 0.6) is 11.5 Å². The molecular formula is C28H41ClN2O5. The number of hydrogen-bond donors (Lipinski definition) is 4. The van der Waals surface area contributed by atoms with Gasteiger partial charge in [0, 0.05) is 16.5 Å². The van der Waals surface area contributed by atoms with Gasteiger partial charge in [-0.3, -0.25) is 0 Å². The van der Waals surface area contributed by atoms with Gasteiger partial charge >= 0.3 is 0 Å². The lowest BCUT2D eigenvalue weighted by Gasteiger charge is -2.51. The van der Waals surface area contributed by atoms with E-state index in [0.29, 0.717) is 16.5 Å². The molecule has 36 heavy (non-hydrogen) atoms. The van der Waals surface area contributed by atoms with Gasteiger partial charge in [0.1, 0.15) is 31.0 Å². The molecule has 5 unspecified atom stereocenters. The third-order valence-corrected chi connectivity index (χ3v) is 7.55. The van der Waals surface area contributed by atoms with Gasteiger partial charge in [0.25, 0.3) is 0 Å². The lowest BCUT2D eigenvalue weighted by atomic mass is 9.53. The Morgan fingerprint density at radius 3 is 2.17 bits per heavy atom. The van der Waals surface area contributed by atoms with E-state index in [1.54, 1.807) is 6.07 Å². The lowest BCUT2D eigenvalue weighted by molar-refractivity contribution is -0.123. The summed E-state index contributed by atoms with van der Waals surface area (Å²) in [5.74, 6) is 1.27. The molecule has 1 saturated carbocycles. The third kappa shape index (κ3) is 6.78. The highest BCUT2D eigenvalue weighted by atomic mass is 35.5. The molecule has 5 atom stereocenters. The van der Waals surface area contributed by atoms with Crippen LogP contribution in [0.3, 0.4) is 0 Å². The van der Waals surface area contributed by atoms with Gasteiger partial charge < -0.3 is 35.9 Å². The minimum absolute atomic E-state index is 0.0208. The maximum atomic E-state index is 12.5. The predicted octanol–water partition coefficient (Wildman–Crippen LogP) is 3.88. The van der Waals surface area contributed by atoms with Crippen molar-refractivity contribution in [1.29, 1.82) is 0 Å². The molecule has 0 amide bonds. The minimum atomic E-state index is -0.502. The molecule has 1 aliphatic carbocycles. The number of aliphatic hydroxyl groups excluding tert-OH is 2. The van der Waals surface area contributed by atoms with Crippen molar-refractivity contribution in [3.8, 4) is 11.5 Å². The summed E-state index contributed by atoms with van der Waals surface area (Å²) >= 11 is 6.76. The summed E-state index contributed by atoms with van der Waals surface area (Å²) in [4.78, 5) is 12.5. The molecule has 3 rings (SSSR count). The molecule has 0 bridgehead atoms. The number of hydrogen-bond acceptors (Lipinski definition) is 7. The van der Waals surface area contributed by atoms with Crippen molar-refractivity contribution in [2.75, 3.05) is 33.5 Å². The summed E-state index contributed by atoms with van der Waals surface area (Å²) in [6, 6.07) is 13.3. The zero-order valence-corrected chi connectivity index (χ0v) is 22.3. The van der Waals surface area contributed by atoms with E-state index >= 15 is 0 Å². The van der Waals surface area contributed by atoms with E-state index < -0.39 is 5.41 Å². The Morgan fingerprint density at radius 2 is 1.67 bits per heavy atom. The second-order valence-corrected chi connectivity index (χ2v) is 9.56. The second kappa shape index (κ2) is 14.5. The van der Waals surface area contributed by atoms with Crippen LogP contribution in [-0.2, 0) is 4.79 Å². The Hall–Kier alpha value is -2.16. The molecule has 0 radical (unpaired) electrons. The van der Waals surface area contributed by atoms with Crippen molar-refractivity contribution in [1.82, 2.24) is 0 Å². The maximum absolute atomic E-state index is 12.5. The lowest BCUT2D eigenvalue weighted by Crippen LogP contribution is -2.50. The molecule has 200 valence electrons. The average molecular weight is 521 g/mol. The van der Waals surface area contributed by atoms with E-state index in [2.05, 4.69) is 12.7 Å². The minimum Gasteiger partial charge on any atom is -0.491 e. The Kier molecular flexibility index (Phi) is 12.1. The Labute approximate surface area is 219 Å². The Morgan fingerprint density at radius 1 is 1.08 bits per heavy atom. The number of aliphatic hydroxyl groups is 2. The summed E-state index contributed by atoms with van der Waals surface area (Å²) in [5, 5.41) is 18.7. The van der Waals surface area contributed by atoms with Gasteiger partial charge in [-0.15, -0.1) is 0 Å². The smallest absolute Gasteiger partial charge is 0.126 e. The highest BCUT2D eigenvalue weighted by Gasteiger charge is 2.50. The summed E-state index contributed by atoms with van der Waals surface area (Å²) in [5.41, 5.74) is 12.7. The topological polar surface area (TPSA) is 128 Å². The molecule has 0 heterocycles. The zero-order valence-electron chi connectivity index (χ0n) is 21.5. The predicted molar refractivity (Wildman–Crippen MR) is 144 cm³/mol. The largest absolute Gasteiger partial charge is 0.491 e. The normalized spacial score (nSPS) is 24.3. The number of halogens is 1. The fraction of sp³-hybridized carbons (Fsp3) is 0.536. The number of carbonyl (C=O) groups is 1. The van der Waals surface area contributed by atoms with Gasteiger partial charge in [-0.2, -0.15) is 0 Å². The summed E-state index contributed by atoms with van der Waals surface area (Å²) in [6.07, 6.45) is 3.40. The number of benzene rings is 2. The Bertz CT molecular complexity index is 940. The standard InChI is InChI=1S/C27H36ClNO5.CH5N/c1-3-27(17-32)11-10-23(22-9-8-21(16-24(22)28)34-15-13-31)25(26(27)18(2)29)19-4-6-20(7-5-19)33-14-12-30;1-2/h4-9,16-18,23,25-26,30-31H,3,10-15,29H2,1-2H3;2H2,1H3. The van der Waals surface area contributed by atoms with Crippen LogP contribution >= 0.6 is 11.6 Å². The quantitative estimate of drug-likeness (QED) is 0.331. The van der Waals surface area contributed by atoms with Crippen LogP contribution in [0.1, 0.15) is 56.1 Å². The molecule has 0 aliphatic heterocycles. The highest BCUT2D eigenvalue weighted by Crippen LogP contribution is 2.57. The van der Waals surface area contributed by atoms with Gasteiger partial charge in [-0.05, 0) is 86.4 Å². The number of ether oxygens (including phenoxy) is 2. The van der Waals surface area contributed by atoms with Crippen molar-refractivity contribution in [3.05, 3.63) is 58.6 Å². The van der Waals surface area contributed by atoms with E-state index in [0.717, 1.165) is 36.7 Å². The van der Waals surface area contributed by atoms with Crippen molar-refractivity contribution < 1.29 is 24.5 Å². The van der Waals surface area contributed by atoms with Crippen LogP contribution in [0.4, 0.5) is 0 Å². The first-order valence-corrected chi connectivity index (χ1v) is 12.9. The molecule has 1 fully saturated rings. The molecule has 0 spiro atoms. The van der Waals surface area contributed by atoms with Gasteiger partial charge in [0.05, 0.1) is 13.2 Å². The second-order valence-electron chi connectivity index (χ2n) is 9.16. The number of aldehydes is 1. The van der Waals surface area contributed by atoms with Gasteiger partial charge in [0.15, 0.2) is 0 Å². The zero-order chi connectivity index (χ0) is 26.7. The summed E-state index contributed by atoms with van der Waals surface area (Å²) in [7, 11) is 1.50. The van der Waals surface area contributed by atoms with Crippen LogP contribution in [0, 0.1) is 11.3 Å². The van der Waals surface area contributed by atoms with Gasteiger partial charge in [0.2, 0.25) is 0 Å². The van der Waals surface area contributed by atoms with E-state index in [4.69, 9.17) is 37.0 Å². The third-order valence-electron chi connectivity index (χ3n) is 7.22. The van der Waals surface area contributed by atoms with Crippen LogP contribution in [-0.4, -0.2) is 56.0 Å². The molecule has 2 aromatic rings. The molecule has 8 heteroatoms. The molecule has 0 aromatic heterocycles. The summed E-state index contributed by atoms with van der Waals surface area (Å²) < 4.78 is 11.1. The number of carbonyl (C=O) groups excluding carboxylic acids is 1. The monoisotopic (exact) mass is 520 g/mol. The maximum Gasteiger partial charge on any atom is 0.126 e. The summed E-state index contributed by atoms with van der Waals surface area (Å²) in [6.45, 7) is 4.38. The first kappa shape index (κ1) is 30.1. The molecular weight excluding hydrogens is 480 g/mol. The SMILES string of the molecule is CCC1(C=O)CCC(c2ccc(OCCO)cc2Cl)C(c2ccc(OCCO)cc2)C1C(C)N.CN. The number of rotatable bonds is 11. The van der Waals surface area contributed by atoms with Crippen molar-refractivity contribution in [3.63, 3.8) is 0 Å². The first-order valence-electron chi connectivity index (χ1n) is 12.6. The van der Waals surface area contributed by atoms with E-state index in [1.807, 2.05) is 43.3 Å². The fourth-order valence-corrected chi connectivity index (χ4v) is 5.97. The average Bonchev–Trinajstić information content (AvgIpc) is 2.91. The van der Waals surface area contributed by atoms with Crippen LogP contribution < -0.4 is 20.9 Å². The first-order chi connectivity index (χ1) is 17.4. The number of nitrogens with two attached hydrogens (primary N) is 2. The highest BCUT2D eigenvalue weighted by molar-refractivity contribution is 6.31. The van der Waals surface area contributed by atoms with Gasteiger partial charge in [-0.25, -0.2) is 0 Å². The fourth-order valence-electron chi connectivity index (χ4n) is 5.66. The molecule has 0 saturated heterocycles. The van der Waals surface area contributed by atoms with Crippen molar-refractivity contribution >= 4 is 17.9 Å². The van der Waals surface area contributed by atoms with Crippen LogP contribution in [0.2, 0.25) is 5.02 Å². The van der Waals surface area contributed by atoms with Crippen LogP contribution in [0.25, 0.3) is 0 Å². The van der Waals surface area contributed by atoms with Crippen LogP contribution in [0.15, 0.2) is 42.5 Å². The van der Waals surface area contributed by atoms with Crippen molar-refractivity contribution in [2.24, 2.45) is 22.8 Å². The molecule has 6 N–H and O–H groups in total. The van der Waals surface area contributed by atoms with E-state index in [1.165, 1.54) is 7.05 Å². The van der Waals surface area contributed by atoms with Crippen molar-refractivity contribution in [2.45, 2.75) is 51.0 Å².